The van der Waals surface area contributed by atoms with Crippen LogP contribution in [0.4, 0.5) is 0 Å². The number of amides is 2. The Kier molecular flexibility index (Phi) is 7.83. The smallest absolute Gasteiger partial charge is 0.251 e. The molecule has 0 radical (unpaired) electrons. The van der Waals surface area contributed by atoms with Gasteiger partial charge < -0.3 is 10.6 Å². The van der Waals surface area contributed by atoms with Crippen LogP contribution in [0.15, 0.2) is 47.8 Å². The van der Waals surface area contributed by atoms with Crippen LogP contribution in [0, 0.1) is 5.92 Å². The molecular formula is C23H31N3O2S. The maximum atomic E-state index is 13.1. The Labute approximate surface area is 177 Å². The number of rotatable bonds is 9. The van der Waals surface area contributed by atoms with Gasteiger partial charge in [0.25, 0.3) is 5.91 Å². The van der Waals surface area contributed by atoms with E-state index in [2.05, 4.69) is 33.0 Å². The van der Waals surface area contributed by atoms with E-state index in [0.717, 1.165) is 19.5 Å². The zero-order valence-electron chi connectivity index (χ0n) is 17.3. The molecule has 3 rings (SSSR count). The van der Waals surface area contributed by atoms with Crippen LogP contribution < -0.4 is 10.6 Å². The molecule has 1 aromatic heterocycles. The monoisotopic (exact) mass is 413 g/mol. The summed E-state index contributed by atoms with van der Waals surface area (Å²) in [5.41, 5.74) is 0.571. The summed E-state index contributed by atoms with van der Waals surface area (Å²) in [7, 11) is 0. The molecule has 1 saturated heterocycles. The lowest BCUT2D eigenvalue weighted by Crippen LogP contribution is -2.51. The Hall–Kier alpha value is -2.18. The van der Waals surface area contributed by atoms with Crippen molar-refractivity contribution in [2.45, 2.75) is 45.2 Å². The third-order valence-corrected chi connectivity index (χ3v) is 6.71. The van der Waals surface area contributed by atoms with Gasteiger partial charge in [0.15, 0.2) is 0 Å². The highest BCUT2D eigenvalue weighted by Crippen LogP contribution is 2.28. The summed E-state index contributed by atoms with van der Waals surface area (Å²) in [5, 5.41) is 8.17. The first kappa shape index (κ1) is 21.5. The van der Waals surface area contributed by atoms with Crippen LogP contribution in [0.2, 0.25) is 0 Å². The molecule has 1 fully saturated rings. The first-order valence-electron chi connectivity index (χ1n) is 10.5. The van der Waals surface area contributed by atoms with Crippen LogP contribution in [-0.4, -0.2) is 42.4 Å². The summed E-state index contributed by atoms with van der Waals surface area (Å²) >= 11 is 1.73. The van der Waals surface area contributed by atoms with E-state index >= 15 is 0 Å². The number of carbonyl (C=O) groups is 2. The minimum atomic E-state index is -0.546. The molecule has 1 aromatic carbocycles. The summed E-state index contributed by atoms with van der Waals surface area (Å²) < 4.78 is 0. The molecule has 2 heterocycles. The minimum Gasteiger partial charge on any atom is -0.352 e. The molecule has 0 spiro atoms. The summed E-state index contributed by atoms with van der Waals surface area (Å²) in [6, 6.07) is 12.9. The van der Waals surface area contributed by atoms with Gasteiger partial charge in [0, 0.05) is 17.0 Å². The normalized spacial score (nSPS) is 17.4. The molecule has 1 aliphatic rings. The fraction of sp³-hybridized carbons (Fsp3) is 0.478. The molecule has 2 amide bonds. The Bertz CT molecular complexity index is 773. The van der Waals surface area contributed by atoms with Crippen molar-refractivity contribution in [3.63, 3.8) is 0 Å². The van der Waals surface area contributed by atoms with Gasteiger partial charge in [-0.05, 0) is 55.4 Å². The van der Waals surface area contributed by atoms with E-state index in [1.54, 1.807) is 23.5 Å². The number of nitrogens with one attached hydrogen (secondary N) is 2. The van der Waals surface area contributed by atoms with Gasteiger partial charge in [0.05, 0.1) is 6.04 Å². The summed E-state index contributed by atoms with van der Waals surface area (Å²) in [5.74, 6) is -0.264. The quantitative estimate of drug-likeness (QED) is 0.656. The first-order valence-corrected chi connectivity index (χ1v) is 11.4. The Morgan fingerprint density at radius 1 is 1.10 bits per heavy atom. The largest absolute Gasteiger partial charge is 0.352 e. The van der Waals surface area contributed by atoms with Gasteiger partial charge >= 0.3 is 0 Å². The molecule has 0 bridgehead atoms. The molecule has 6 heteroatoms. The predicted octanol–water partition coefficient (Wildman–Crippen LogP) is 3.85. The van der Waals surface area contributed by atoms with E-state index in [4.69, 9.17) is 0 Å². The van der Waals surface area contributed by atoms with Gasteiger partial charge in [0.2, 0.25) is 5.91 Å². The molecule has 29 heavy (non-hydrogen) atoms. The Balaban J connectivity index is 1.66. The maximum absolute atomic E-state index is 13.1. The number of hydrogen-bond acceptors (Lipinski definition) is 4. The SMILES string of the molecule is CCC(C)C(NC(=O)c1ccccc1)C(=O)NCC(c1cccs1)N1CCCC1. The average molecular weight is 414 g/mol. The summed E-state index contributed by atoms with van der Waals surface area (Å²) in [6.07, 6.45) is 3.23. The maximum Gasteiger partial charge on any atom is 0.251 e. The molecule has 0 aliphatic carbocycles. The van der Waals surface area contributed by atoms with Crippen LogP contribution in [0.25, 0.3) is 0 Å². The topological polar surface area (TPSA) is 61.4 Å². The number of likely N-dealkylation sites (tertiary alicyclic amines) is 1. The van der Waals surface area contributed by atoms with Gasteiger partial charge in [-0.3, -0.25) is 14.5 Å². The van der Waals surface area contributed by atoms with Crippen molar-refractivity contribution in [3.8, 4) is 0 Å². The highest BCUT2D eigenvalue weighted by molar-refractivity contribution is 7.10. The first-order chi connectivity index (χ1) is 14.1. The number of carbonyl (C=O) groups excluding carboxylic acids is 2. The highest BCUT2D eigenvalue weighted by atomic mass is 32.1. The van der Waals surface area contributed by atoms with Gasteiger partial charge in [-0.1, -0.05) is 44.5 Å². The van der Waals surface area contributed by atoms with Gasteiger partial charge in [-0.2, -0.15) is 0 Å². The molecular weight excluding hydrogens is 382 g/mol. The molecule has 5 nitrogen and oxygen atoms in total. The second kappa shape index (κ2) is 10.6. The molecule has 3 atom stereocenters. The van der Waals surface area contributed by atoms with Crippen molar-refractivity contribution in [1.29, 1.82) is 0 Å². The molecule has 1 aliphatic heterocycles. The number of thiophene rings is 1. The minimum absolute atomic E-state index is 0.0506. The summed E-state index contributed by atoms with van der Waals surface area (Å²) in [4.78, 5) is 29.4. The second-order valence-electron chi connectivity index (χ2n) is 7.72. The van der Waals surface area contributed by atoms with Crippen LogP contribution in [-0.2, 0) is 4.79 Å². The van der Waals surface area contributed by atoms with Crippen molar-refractivity contribution in [3.05, 3.63) is 58.3 Å². The average Bonchev–Trinajstić information content (AvgIpc) is 3.47. The molecule has 156 valence electrons. The van der Waals surface area contributed by atoms with Crippen LogP contribution >= 0.6 is 11.3 Å². The summed E-state index contributed by atoms with van der Waals surface area (Å²) in [6.45, 7) is 6.74. The van der Waals surface area contributed by atoms with E-state index in [1.807, 2.05) is 32.0 Å². The van der Waals surface area contributed by atoms with Crippen molar-refractivity contribution in [1.82, 2.24) is 15.5 Å². The highest BCUT2D eigenvalue weighted by Gasteiger charge is 2.29. The third-order valence-electron chi connectivity index (χ3n) is 5.74. The van der Waals surface area contributed by atoms with Crippen molar-refractivity contribution < 1.29 is 9.59 Å². The third kappa shape index (κ3) is 5.67. The van der Waals surface area contributed by atoms with Crippen molar-refractivity contribution in [2.75, 3.05) is 19.6 Å². The van der Waals surface area contributed by atoms with Crippen molar-refractivity contribution >= 4 is 23.2 Å². The van der Waals surface area contributed by atoms with E-state index in [0.29, 0.717) is 12.1 Å². The lowest BCUT2D eigenvalue weighted by Gasteiger charge is -2.29. The molecule has 0 saturated carbocycles. The number of hydrogen-bond donors (Lipinski definition) is 2. The zero-order chi connectivity index (χ0) is 20.6. The van der Waals surface area contributed by atoms with Gasteiger partial charge in [0.1, 0.15) is 6.04 Å². The molecule has 2 N–H and O–H groups in total. The zero-order valence-corrected chi connectivity index (χ0v) is 18.1. The second-order valence-corrected chi connectivity index (χ2v) is 8.70. The fourth-order valence-corrected chi connectivity index (χ4v) is 4.63. The molecule has 3 unspecified atom stereocenters. The van der Waals surface area contributed by atoms with Gasteiger partial charge in [-0.25, -0.2) is 0 Å². The number of nitrogens with zero attached hydrogens (tertiary/aromatic N) is 1. The van der Waals surface area contributed by atoms with E-state index in [-0.39, 0.29) is 23.8 Å². The van der Waals surface area contributed by atoms with E-state index < -0.39 is 6.04 Å². The predicted molar refractivity (Wildman–Crippen MR) is 118 cm³/mol. The van der Waals surface area contributed by atoms with E-state index in [1.165, 1.54) is 17.7 Å². The lowest BCUT2D eigenvalue weighted by molar-refractivity contribution is -0.124. The van der Waals surface area contributed by atoms with Crippen LogP contribution in [0.1, 0.15) is 54.4 Å². The lowest BCUT2D eigenvalue weighted by atomic mass is 9.97. The number of benzene rings is 1. The Morgan fingerprint density at radius 3 is 2.45 bits per heavy atom. The van der Waals surface area contributed by atoms with Crippen LogP contribution in [0.3, 0.4) is 0 Å². The standard InChI is InChI=1S/C23H31N3O2S/c1-3-17(2)21(25-22(27)18-10-5-4-6-11-18)23(28)24-16-19(20-12-9-15-29-20)26-13-7-8-14-26/h4-6,9-12,15,17,19,21H,3,7-8,13-14,16H2,1-2H3,(H,24,28)(H,25,27). The van der Waals surface area contributed by atoms with Gasteiger partial charge in [-0.15, -0.1) is 11.3 Å². The van der Waals surface area contributed by atoms with Crippen LogP contribution in [0.5, 0.6) is 0 Å². The molecule has 2 aromatic rings. The fourth-order valence-electron chi connectivity index (χ4n) is 3.77. The Morgan fingerprint density at radius 2 is 1.83 bits per heavy atom. The van der Waals surface area contributed by atoms with E-state index in [9.17, 15) is 9.59 Å². The van der Waals surface area contributed by atoms with Crippen molar-refractivity contribution in [2.24, 2.45) is 5.92 Å².